The lowest BCUT2D eigenvalue weighted by Gasteiger charge is -2.11. The van der Waals surface area contributed by atoms with E-state index in [0.29, 0.717) is 12.0 Å². The molecule has 1 N–H and O–H groups in total. The first-order valence-corrected chi connectivity index (χ1v) is 6.01. The smallest absolute Gasteiger partial charge is 0.242 e. The van der Waals surface area contributed by atoms with E-state index < -0.39 is 0 Å². The lowest BCUT2D eigenvalue weighted by Crippen LogP contribution is -2.20. The Hall–Kier alpha value is -1.43. The second-order valence-electron chi connectivity index (χ2n) is 3.89. The highest BCUT2D eigenvalue weighted by atomic mass is 32.1. The van der Waals surface area contributed by atoms with Crippen LogP contribution in [0.15, 0.2) is 12.1 Å². The van der Waals surface area contributed by atoms with Crippen molar-refractivity contribution < 1.29 is 0 Å². The molecule has 5 nitrogen and oxygen atoms in total. The van der Waals surface area contributed by atoms with Crippen molar-refractivity contribution in [1.29, 1.82) is 0 Å². The van der Waals surface area contributed by atoms with Gasteiger partial charge in [0.1, 0.15) is 0 Å². The molecule has 2 heterocycles. The first kappa shape index (κ1) is 11.1. The maximum Gasteiger partial charge on any atom is 0.242 e. The number of thiophene rings is 1. The Labute approximate surface area is 98.5 Å². The second-order valence-corrected chi connectivity index (χ2v) is 5.26. The summed E-state index contributed by atoms with van der Waals surface area (Å²) in [6.07, 6.45) is 0.991. The molecule has 1 atom stereocenters. The Morgan fingerprint density at radius 1 is 1.50 bits per heavy atom. The number of tetrazole rings is 1. The lowest BCUT2D eigenvalue weighted by molar-refractivity contribution is 0.700. The van der Waals surface area contributed by atoms with Crippen LogP contribution in [0, 0.1) is 6.92 Å². The van der Waals surface area contributed by atoms with Crippen LogP contribution in [0.4, 0.5) is 5.95 Å². The number of aromatic nitrogens is 4. The quantitative estimate of drug-likeness (QED) is 0.878. The van der Waals surface area contributed by atoms with Gasteiger partial charge in [0, 0.05) is 29.3 Å². The van der Waals surface area contributed by atoms with Gasteiger partial charge in [-0.1, -0.05) is 5.10 Å². The fourth-order valence-electron chi connectivity index (χ4n) is 1.52. The van der Waals surface area contributed by atoms with E-state index in [1.165, 1.54) is 9.75 Å². The summed E-state index contributed by atoms with van der Waals surface area (Å²) in [6, 6.07) is 4.65. The zero-order valence-electron chi connectivity index (χ0n) is 9.64. The lowest BCUT2D eigenvalue weighted by atomic mass is 10.2. The van der Waals surface area contributed by atoms with Gasteiger partial charge in [0.2, 0.25) is 5.95 Å². The van der Waals surface area contributed by atoms with Gasteiger partial charge in [-0.2, -0.15) is 0 Å². The van der Waals surface area contributed by atoms with Crippen molar-refractivity contribution in [3.63, 3.8) is 0 Å². The average Bonchev–Trinajstić information content (AvgIpc) is 2.77. The fraction of sp³-hybridized carbons (Fsp3) is 0.500. The molecule has 0 bridgehead atoms. The molecule has 2 aromatic heterocycles. The molecule has 86 valence electrons. The summed E-state index contributed by atoms with van der Waals surface area (Å²) < 4.78 is 1.64. The monoisotopic (exact) mass is 237 g/mol. The van der Waals surface area contributed by atoms with E-state index in [1.54, 1.807) is 4.68 Å². The van der Waals surface area contributed by atoms with Crippen molar-refractivity contribution in [2.75, 3.05) is 5.32 Å². The maximum atomic E-state index is 3.90. The Kier molecular flexibility index (Phi) is 3.19. The van der Waals surface area contributed by atoms with Crippen molar-refractivity contribution >= 4 is 17.3 Å². The Morgan fingerprint density at radius 3 is 2.88 bits per heavy atom. The van der Waals surface area contributed by atoms with Gasteiger partial charge >= 0.3 is 0 Å². The zero-order valence-corrected chi connectivity index (χ0v) is 10.5. The largest absolute Gasteiger partial charge is 0.350 e. The summed E-state index contributed by atoms with van der Waals surface area (Å²) in [7, 11) is 1.82. The summed E-state index contributed by atoms with van der Waals surface area (Å²) in [5.41, 5.74) is 0. The first-order chi connectivity index (χ1) is 7.65. The van der Waals surface area contributed by atoms with Gasteiger partial charge in [-0.25, -0.2) is 4.68 Å². The molecule has 0 aliphatic rings. The van der Waals surface area contributed by atoms with Crippen LogP contribution in [0.1, 0.15) is 16.7 Å². The third-order valence-corrected chi connectivity index (χ3v) is 3.32. The first-order valence-electron chi connectivity index (χ1n) is 5.19. The summed E-state index contributed by atoms with van der Waals surface area (Å²) in [4.78, 5) is 2.73. The molecule has 0 aromatic carbocycles. The zero-order chi connectivity index (χ0) is 11.5. The molecule has 0 aliphatic carbocycles. The molecule has 0 saturated heterocycles. The van der Waals surface area contributed by atoms with Crippen LogP contribution >= 0.6 is 11.3 Å². The van der Waals surface area contributed by atoms with Crippen LogP contribution in [0.5, 0.6) is 0 Å². The van der Waals surface area contributed by atoms with Crippen molar-refractivity contribution in [3.05, 3.63) is 21.9 Å². The Balaban J connectivity index is 1.94. The molecule has 0 aliphatic heterocycles. The molecule has 0 fully saturated rings. The maximum absolute atomic E-state index is 3.90. The molecule has 16 heavy (non-hydrogen) atoms. The SMILES string of the molecule is Cc1ccc(CC(C)Nc2nnnn2C)s1. The average molecular weight is 237 g/mol. The van der Waals surface area contributed by atoms with E-state index in [0.717, 1.165) is 6.42 Å². The predicted octanol–water partition coefficient (Wildman–Crippen LogP) is 1.62. The van der Waals surface area contributed by atoms with Gasteiger partial charge in [0.25, 0.3) is 0 Å². The summed E-state index contributed by atoms with van der Waals surface area (Å²) in [5, 5.41) is 14.5. The number of hydrogen-bond donors (Lipinski definition) is 1. The highest BCUT2D eigenvalue weighted by molar-refractivity contribution is 7.11. The van der Waals surface area contributed by atoms with Gasteiger partial charge in [0.15, 0.2) is 0 Å². The third kappa shape index (κ3) is 2.57. The molecule has 6 heteroatoms. The standard InChI is InChI=1S/C10H15N5S/c1-7(6-9-5-4-8(2)16-9)11-10-12-13-14-15(10)3/h4-5,7H,6H2,1-3H3,(H,11,12,14). The van der Waals surface area contributed by atoms with Crippen LogP contribution < -0.4 is 5.32 Å². The predicted molar refractivity (Wildman–Crippen MR) is 64.6 cm³/mol. The molecule has 2 rings (SSSR count). The highest BCUT2D eigenvalue weighted by Crippen LogP contribution is 2.17. The number of nitrogens with one attached hydrogen (secondary N) is 1. The van der Waals surface area contributed by atoms with Crippen molar-refractivity contribution in [2.24, 2.45) is 7.05 Å². The van der Waals surface area contributed by atoms with E-state index >= 15 is 0 Å². The van der Waals surface area contributed by atoms with Gasteiger partial charge in [-0.15, -0.1) is 11.3 Å². The van der Waals surface area contributed by atoms with Crippen LogP contribution in [0.2, 0.25) is 0 Å². The fourth-order valence-corrected chi connectivity index (χ4v) is 2.54. The number of aryl methyl sites for hydroxylation is 2. The minimum absolute atomic E-state index is 0.322. The van der Waals surface area contributed by atoms with Crippen LogP contribution in [0.25, 0.3) is 0 Å². The molecule has 0 spiro atoms. The van der Waals surface area contributed by atoms with Gasteiger partial charge < -0.3 is 5.32 Å². The van der Waals surface area contributed by atoms with Gasteiger partial charge in [-0.3, -0.25) is 0 Å². The molecule has 1 unspecified atom stereocenters. The van der Waals surface area contributed by atoms with E-state index in [2.05, 4.69) is 46.8 Å². The molecular weight excluding hydrogens is 222 g/mol. The van der Waals surface area contributed by atoms with E-state index in [4.69, 9.17) is 0 Å². The normalized spacial score (nSPS) is 12.7. The van der Waals surface area contributed by atoms with Crippen LogP contribution in [-0.2, 0) is 13.5 Å². The molecular formula is C10H15N5S. The number of rotatable bonds is 4. The summed E-state index contributed by atoms with van der Waals surface area (Å²) >= 11 is 1.83. The summed E-state index contributed by atoms with van der Waals surface area (Å²) in [6.45, 7) is 4.25. The Bertz CT molecular complexity index is 461. The van der Waals surface area contributed by atoms with Crippen molar-refractivity contribution in [3.8, 4) is 0 Å². The minimum atomic E-state index is 0.322. The van der Waals surface area contributed by atoms with Crippen molar-refractivity contribution in [1.82, 2.24) is 20.2 Å². The topological polar surface area (TPSA) is 55.6 Å². The molecule has 0 radical (unpaired) electrons. The summed E-state index contributed by atoms with van der Waals surface area (Å²) in [5.74, 6) is 0.709. The van der Waals surface area contributed by atoms with E-state index in [9.17, 15) is 0 Å². The Morgan fingerprint density at radius 2 is 2.31 bits per heavy atom. The minimum Gasteiger partial charge on any atom is -0.350 e. The number of nitrogens with zero attached hydrogens (tertiary/aromatic N) is 4. The van der Waals surface area contributed by atoms with Gasteiger partial charge in [0.05, 0.1) is 0 Å². The number of anilines is 1. The third-order valence-electron chi connectivity index (χ3n) is 2.30. The second kappa shape index (κ2) is 4.61. The molecule has 0 amide bonds. The van der Waals surface area contributed by atoms with Crippen LogP contribution in [0.3, 0.4) is 0 Å². The van der Waals surface area contributed by atoms with E-state index in [1.807, 2.05) is 18.4 Å². The highest BCUT2D eigenvalue weighted by Gasteiger charge is 2.08. The molecule has 2 aromatic rings. The van der Waals surface area contributed by atoms with Gasteiger partial charge in [-0.05, 0) is 36.4 Å². The molecule has 0 saturated carbocycles. The van der Waals surface area contributed by atoms with Crippen molar-refractivity contribution in [2.45, 2.75) is 26.3 Å². The van der Waals surface area contributed by atoms with E-state index in [-0.39, 0.29) is 0 Å². The number of hydrogen-bond acceptors (Lipinski definition) is 5. The van der Waals surface area contributed by atoms with Crippen LogP contribution in [-0.4, -0.2) is 26.2 Å².